The van der Waals surface area contributed by atoms with Gasteiger partial charge >= 0.3 is 0 Å². The fourth-order valence-electron chi connectivity index (χ4n) is 2.20. The third-order valence-corrected chi connectivity index (χ3v) is 3.36. The zero-order valence-electron chi connectivity index (χ0n) is 13.9. The van der Waals surface area contributed by atoms with Gasteiger partial charge in [0.2, 0.25) is 0 Å². The van der Waals surface area contributed by atoms with Gasteiger partial charge in [0.1, 0.15) is 5.84 Å². The van der Waals surface area contributed by atoms with E-state index in [0.717, 1.165) is 31.6 Å². The van der Waals surface area contributed by atoms with E-state index in [1.165, 1.54) is 11.6 Å². The molecule has 7 N–H and O–H groups in total. The summed E-state index contributed by atoms with van der Waals surface area (Å²) < 4.78 is 0. The van der Waals surface area contributed by atoms with E-state index in [9.17, 15) is 4.79 Å². The van der Waals surface area contributed by atoms with E-state index in [-0.39, 0.29) is 0 Å². The molecule has 0 aliphatic carbocycles. The van der Waals surface area contributed by atoms with E-state index in [2.05, 4.69) is 22.5 Å². The molecule has 1 amide bonds. The number of nitrogens with two attached hydrogens (primary N) is 2. The molecule has 1 rings (SSSR count). The summed E-state index contributed by atoms with van der Waals surface area (Å²) in [7, 11) is 0. The van der Waals surface area contributed by atoms with Gasteiger partial charge in [-0.2, -0.15) is 5.10 Å². The van der Waals surface area contributed by atoms with Crippen molar-refractivity contribution in [1.29, 1.82) is 0 Å². The molecule has 8 heteroatoms. The summed E-state index contributed by atoms with van der Waals surface area (Å²) in [5.74, 6) is 5.03. The number of hydrogen-bond acceptors (Lipinski definition) is 6. The Labute approximate surface area is 142 Å². The van der Waals surface area contributed by atoms with Crippen LogP contribution in [0.15, 0.2) is 35.4 Å². The molecule has 0 unspecified atom stereocenters. The lowest BCUT2D eigenvalue weighted by Crippen LogP contribution is -2.30. The highest BCUT2D eigenvalue weighted by atomic mass is 16.5. The number of carbonyl (C=O) groups is 1. The minimum absolute atomic E-state index is 0.473. The van der Waals surface area contributed by atoms with E-state index in [0.29, 0.717) is 12.3 Å². The average Bonchev–Trinajstić information content (AvgIpc) is 2.59. The van der Waals surface area contributed by atoms with Crippen molar-refractivity contribution >= 4 is 17.8 Å². The van der Waals surface area contributed by atoms with E-state index in [1.54, 1.807) is 11.6 Å². The van der Waals surface area contributed by atoms with Gasteiger partial charge in [0.25, 0.3) is 5.91 Å². The molecule has 0 aliphatic rings. The lowest BCUT2D eigenvalue weighted by Gasteiger charge is -2.21. The Morgan fingerprint density at radius 1 is 1.33 bits per heavy atom. The van der Waals surface area contributed by atoms with Crippen molar-refractivity contribution in [2.45, 2.75) is 26.3 Å². The lowest BCUT2D eigenvalue weighted by atomic mass is 10.1. The van der Waals surface area contributed by atoms with Gasteiger partial charge in [0, 0.05) is 25.6 Å². The van der Waals surface area contributed by atoms with Gasteiger partial charge < -0.3 is 5.73 Å². The number of nitrogens with one attached hydrogen (secondary N) is 2. The SMILES string of the molecule is CCCN(CC/C(N)=N/NN)Cc1ccc(/C=C/C(=O)NO)cc1. The molecule has 0 atom stereocenters. The van der Waals surface area contributed by atoms with Gasteiger partial charge in [-0.25, -0.2) is 16.9 Å². The monoisotopic (exact) mass is 334 g/mol. The van der Waals surface area contributed by atoms with E-state index in [1.807, 2.05) is 24.3 Å². The van der Waals surface area contributed by atoms with Crippen LogP contribution in [0.3, 0.4) is 0 Å². The molecule has 132 valence electrons. The Kier molecular flexibility index (Phi) is 9.13. The summed E-state index contributed by atoms with van der Waals surface area (Å²) in [5, 5.41) is 12.2. The maximum Gasteiger partial charge on any atom is 0.267 e. The van der Waals surface area contributed by atoms with Crippen molar-refractivity contribution in [1.82, 2.24) is 15.9 Å². The molecule has 1 aromatic rings. The van der Waals surface area contributed by atoms with Crippen LogP contribution in [-0.4, -0.2) is 34.9 Å². The summed E-state index contributed by atoms with van der Waals surface area (Å²) in [4.78, 5) is 13.3. The molecule has 0 aliphatic heterocycles. The zero-order valence-corrected chi connectivity index (χ0v) is 13.9. The van der Waals surface area contributed by atoms with Crippen molar-refractivity contribution < 1.29 is 10.0 Å². The first-order valence-corrected chi connectivity index (χ1v) is 7.80. The van der Waals surface area contributed by atoms with Gasteiger partial charge in [-0.3, -0.25) is 14.9 Å². The van der Waals surface area contributed by atoms with Crippen molar-refractivity contribution in [2.24, 2.45) is 16.7 Å². The van der Waals surface area contributed by atoms with Gasteiger partial charge in [-0.15, -0.1) is 0 Å². The average molecular weight is 334 g/mol. The van der Waals surface area contributed by atoms with Crippen LogP contribution in [0.4, 0.5) is 0 Å². The maximum absolute atomic E-state index is 11.0. The smallest absolute Gasteiger partial charge is 0.267 e. The molecule has 0 saturated heterocycles. The van der Waals surface area contributed by atoms with E-state index < -0.39 is 5.91 Å². The first-order valence-electron chi connectivity index (χ1n) is 7.80. The fourth-order valence-corrected chi connectivity index (χ4v) is 2.20. The third-order valence-electron chi connectivity index (χ3n) is 3.36. The molecule has 24 heavy (non-hydrogen) atoms. The van der Waals surface area contributed by atoms with E-state index in [4.69, 9.17) is 16.8 Å². The molecule has 0 spiro atoms. The fraction of sp³-hybridized carbons (Fsp3) is 0.375. The number of hydroxylamine groups is 1. The third kappa shape index (κ3) is 7.73. The number of carbonyl (C=O) groups excluding carboxylic acids is 1. The second-order valence-electron chi connectivity index (χ2n) is 5.31. The Balaban J connectivity index is 2.61. The van der Waals surface area contributed by atoms with Crippen LogP contribution in [0.1, 0.15) is 30.9 Å². The number of hydrogen-bond donors (Lipinski definition) is 5. The topological polar surface area (TPSA) is 129 Å². The second kappa shape index (κ2) is 11.2. The second-order valence-corrected chi connectivity index (χ2v) is 5.31. The molecule has 0 fully saturated rings. The number of hydrazone groups is 1. The number of benzene rings is 1. The molecule has 0 radical (unpaired) electrons. The molecule has 0 bridgehead atoms. The predicted octanol–water partition coefficient (Wildman–Crippen LogP) is 0.543. The summed E-state index contributed by atoms with van der Waals surface area (Å²) in [6.07, 6.45) is 4.59. The highest BCUT2D eigenvalue weighted by Gasteiger charge is 2.06. The Morgan fingerprint density at radius 2 is 2.04 bits per heavy atom. The number of hydrazine groups is 1. The summed E-state index contributed by atoms with van der Waals surface area (Å²) in [6.45, 7) is 4.69. The van der Waals surface area contributed by atoms with Crippen LogP contribution < -0.4 is 22.6 Å². The first kappa shape index (κ1) is 19.6. The van der Waals surface area contributed by atoms with Crippen molar-refractivity contribution in [3.8, 4) is 0 Å². The van der Waals surface area contributed by atoms with Crippen molar-refractivity contribution in [3.63, 3.8) is 0 Å². The number of amidine groups is 1. The van der Waals surface area contributed by atoms with Gasteiger partial charge in [-0.05, 0) is 30.2 Å². The van der Waals surface area contributed by atoms with Crippen LogP contribution in [0.5, 0.6) is 0 Å². The molecule has 1 aromatic carbocycles. The molecular weight excluding hydrogens is 308 g/mol. The minimum Gasteiger partial charge on any atom is -0.386 e. The maximum atomic E-state index is 11.0. The zero-order chi connectivity index (χ0) is 17.8. The largest absolute Gasteiger partial charge is 0.386 e. The standard InChI is InChI=1S/C16H26N6O2/c1-2-10-22(11-9-15(17)19-21-18)12-14-5-3-13(4-6-14)7-8-16(23)20-24/h3-8,21,24H,2,9-12,18H2,1H3,(H2,17,19)(H,20,23)/b8-7+. The highest BCUT2D eigenvalue weighted by molar-refractivity contribution is 5.90. The lowest BCUT2D eigenvalue weighted by molar-refractivity contribution is -0.124. The summed E-state index contributed by atoms with van der Waals surface area (Å²) in [6, 6.07) is 7.87. The molecule has 8 nitrogen and oxygen atoms in total. The van der Waals surface area contributed by atoms with Crippen LogP contribution >= 0.6 is 0 Å². The van der Waals surface area contributed by atoms with Crippen LogP contribution in [0.2, 0.25) is 0 Å². The Bertz CT molecular complexity index is 556. The summed E-state index contributed by atoms with van der Waals surface area (Å²) >= 11 is 0. The number of rotatable bonds is 10. The normalized spacial score (nSPS) is 11.9. The summed E-state index contributed by atoms with van der Waals surface area (Å²) in [5.41, 5.74) is 11.5. The van der Waals surface area contributed by atoms with Crippen molar-refractivity contribution in [2.75, 3.05) is 13.1 Å². The Morgan fingerprint density at radius 3 is 2.62 bits per heavy atom. The van der Waals surface area contributed by atoms with Crippen LogP contribution in [-0.2, 0) is 11.3 Å². The highest BCUT2D eigenvalue weighted by Crippen LogP contribution is 2.10. The van der Waals surface area contributed by atoms with E-state index >= 15 is 0 Å². The van der Waals surface area contributed by atoms with Crippen LogP contribution in [0.25, 0.3) is 6.08 Å². The number of nitrogens with zero attached hydrogens (tertiary/aromatic N) is 2. The Hall–Kier alpha value is -2.42. The molecule has 0 aromatic heterocycles. The molecule has 0 heterocycles. The van der Waals surface area contributed by atoms with Gasteiger partial charge in [0.15, 0.2) is 0 Å². The van der Waals surface area contributed by atoms with Crippen LogP contribution in [0, 0.1) is 0 Å². The van der Waals surface area contributed by atoms with Gasteiger partial charge in [-0.1, -0.05) is 31.2 Å². The molecule has 0 saturated carbocycles. The number of amides is 1. The van der Waals surface area contributed by atoms with Gasteiger partial charge in [0.05, 0.1) is 0 Å². The van der Waals surface area contributed by atoms with Crippen molar-refractivity contribution in [3.05, 3.63) is 41.5 Å². The predicted molar refractivity (Wildman–Crippen MR) is 94.5 cm³/mol. The quantitative estimate of drug-likeness (QED) is 0.106. The first-order chi connectivity index (χ1) is 11.6. The minimum atomic E-state index is -0.556. The molecular formula is C16H26N6O2.